The molecule has 0 amide bonds. The van der Waals surface area contributed by atoms with E-state index in [1.807, 2.05) is 6.92 Å². The van der Waals surface area contributed by atoms with Crippen LogP contribution in [0.4, 0.5) is 18.3 Å². The second kappa shape index (κ2) is 4.83. The first kappa shape index (κ1) is 12.3. The van der Waals surface area contributed by atoms with Gasteiger partial charge in [-0.2, -0.15) is 13.2 Å². The van der Waals surface area contributed by atoms with E-state index in [2.05, 4.69) is 4.98 Å². The van der Waals surface area contributed by atoms with Gasteiger partial charge in [-0.05, 0) is 6.42 Å². The smallest absolute Gasteiger partial charge is 0.351 e. The van der Waals surface area contributed by atoms with E-state index in [1.165, 1.54) is 0 Å². The van der Waals surface area contributed by atoms with Crippen molar-refractivity contribution in [2.24, 2.45) is 0 Å². The first-order valence-electron chi connectivity index (χ1n) is 4.69. The van der Waals surface area contributed by atoms with Crippen LogP contribution in [0.5, 0.6) is 0 Å². The van der Waals surface area contributed by atoms with E-state index in [0.717, 1.165) is 36.1 Å². The summed E-state index contributed by atoms with van der Waals surface area (Å²) in [6.45, 7) is 2.78. The van der Waals surface area contributed by atoms with Gasteiger partial charge in [0.2, 0.25) is 0 Å². The Morgan fingerprint density at radius 2 is 2.13 bits per heavy atom. The zero-order valence-corrected chi connectivity index (χ0v) is 9.45. The molecule has 0 atom stereocenters. The molecule has 0 N–H and O–H groups in total. The highest BCUT2D eigenvalue weighted by Crippen LogP contribution is 2.32. The van der Waals surface area contributed by atoms with Crippen molar-refractivity contribution in [3.05, 3.63) is 11.1 Å². The van der Waals surface area contributed by atoms with Crippen molar-refractivity contribution in [2.75, 3.05) is 18.5 Å². The summed E-state index contributed by atoms with van der Waals surface area (Å²) in [7, 11) is 1.76. The fourth-order valence-corrected chi connectivity index (χ4v) is 1.89. The van der Waals surface area contributed by atoms with Crippen molar-refractivity contribution in [1.29, 1.82) is 0 Å². The Bertz CT molecular complexity index is 309. The lowest BCUT2D eigenvalue weighted by Crippen LogP contribution is -2.18. The Morgan fingerprint density at radius 3 is 2.60 bits per heavy atom. The molecule has 0 aliphatic carbocycles. The van der Waals surface area contributed by atoms with E-state index < -0.39 is 11.9 Å². The summed E-state index contributed by atoms with van der Waals surface area (Å²) in [5, 5.41) is 1.48. The summed E-state index contributed by atoms with van der Waals surface area (Å²) in [6.07, 6.45) is -2.36. The standard InChI is InChI=1S/C9H13F3N2S/c1-3-4-5-14(2)8-13-7(6-15-8)9(10,11)12/h6H,3-5H2,1-2H3. The first-order chi connectivity index (χ1) is 6.95. The number of rotatable bonds is 4. The van der Waals surface area contributed by atoms with Crippen LogP contribution in [-0.4, -0.2) is 18.6 Å². The molecule has 0 aliphatic rings. The Hall–Kier alpha value is -0.780. The van der Waals surface area contributed by atoms with Gasteiger partial charge in [0.15, 0.2) is 10.8 Å². The van der Waals surface area contributed by atoms with E-state index in [9.17, 15) is 13.2 Å². The van der Waals surface area contributed by atoms with Crippen LogP contribution in [0.25, 0.3) is 0 Å². The van der Waals surface area contributed by atoms with Gasteiger partial charge < -0.3 is 4.90 Å². The molecule has 1 rings (SSSR count). The lowest BCUT2D eigenvalue weighted by molar-refractivity contribution is -0.140. The number of aromatic nitrogens is 1. The van der Waals surface area contributed by atoms with E-state index in [4.69, 9.17) is 0 Å². The first-order valence-corrected chi connectivity index (χ1v) is 5.57. The van der Waals surface area contributed by atoms with Crippen LogP contribution in [0.3, 0.4) is 0 Å². The Labute approximate surface area is 90.7 Å². The van der Waals surface area contributed by atoms with Gasteiger partial charge in [-0.3, -0.25) is 0 Å². The molecule has 0 unspecified atom stereocenters. The summed E-state index contributed by atoms with van der Waals surface area (Å²) in [6, 6.07) is 0. The maximum absolute atomic E-state index is 12.2. The lowest BCUT2D eigenvalue weighted by atomic mass is 10.3. The number of halogens is 3. The van der Waals surface area contributed by atoms with E-state index >= 15 is 0 Å². The molecule has 0 spiro atoms. The number of thiazole rings is 1. The maximum atomic E-state index is 12.2. The number of unbranched alkanes of at least 4 members (excludes halogenated alkanes) is 1. The number of hydrogen-bond donors (Lipinski definition) is 0. The van der Waals surface area contributed by atoms with Gasteiger partial charge >= 0.3 is 6.18 Å². The van der Waals surface area contributed by atoms with Crippen LogP contribution in [-0.2, 0) is 6.18 Å². The Balaban J connectivity index is 2.67. The third kappa shape index (κ3) is 3.37. The summed E-state index contributed by atoms with van der Waals surface area (Å²) in [5.74, 6) is 0. The predicted octanol–water partition coefficient (Wildman–Crippen LogP) is 3.40. The minimum atomic E-state index is -4.33. The number of anilines is 1. The quantitative estimate of drug-likeness (QED) is 0.799. The van der Waals surface area contributed by atoms with Gasteiger partial charge in [-0.1, -0.05) is 13.3 Å². The molecule has 6 heteroatoms. The van der Waals surface area contributed by atoms with Gasteiger partial charge in [-0.15, -0.1) is 11.3 Å². The molecule has 2 nitrogen and oxygen atoms in total. The second-order valence-corrected chi connectivity index (χ2v) is 4.12. The van der Waals surface area contributed by atoms with E-state index in [1.54, 1.807) is 11.9 Å². The summed E-state index contributed by atoms with van der Waals surface area (Å²) in [4.78, 5) is 5.31. The Morgan fingerprint density at radius 1 is 1.47 bits per heavy atom. The van der Waals surface area contributed by atoms with Gasteiger partial charge in [0.1, 0.15) is 0 Å². The molecule has 1 aromatic rings. The SMILES string of the molecule is CCCCN(C)c1nc(C(F)(F)F)cs1. The third-order valence-electron chi connectivity index (χ3n) is 1.96. The number of alkyl halides is 3. The average Bonchev–Trinajstić information content (AvgIpc) is 2.62. The van der Waals surface area contributed by atoms with Gasteiger partial charge in [0.25, 0.3) is 0 Å². The Kier molecular flexibility index (Phi) is 3.96. The molecule has 0 saturated carbocycles. The van der Waals surface area contributed by atoms with E-state index in [0.29, 0.717) is 5.13 Å². The van der Waals surface area contributed by atoms with Crippen molar-refractivity contribution in [3.63, 3.8) is 0 Å². The predicted molar refractivity (Wildman–Crippen MR) is 55.3 cm³/mol. The highest BCUT2D eigenvalue weighted by Gasteiger charge is 2.34. The zero-order valence-electron chi connectivity index (χ0n) is 8.64. The third-order valence-corrected chi connectivity index (χ3v) is 2.91. The largest absolute Gasteiger partial charge is 0.434 e. The molecule has 0 radical (unpaired) electrons. The summed E-state index contributed by atoms with van der Waals surface area (Å²) < 4.78 is 36.7. The van der Waals surface area contributed by atoms with Crippen LogP contribution in [0.1, 0.15) is 25.5 Å². The minimum Gasteiger partial charge on any atom is -0.351 e. The van der Waals surface area contributed by atoms with Gasteiger partial charge in [0.05, 0.1) is 0 Å². The van der Waals surface area contributed by atoms with Gasteiger partial charge in [-0.25, -0.2) is 4.98 Å². The fourth-order valence-electron chi connectivity index (χ4n) is 1.06. The van der Waals surface area contributed by atoms with E-state index in [-0.39, 0.29) is 0 Å². The van der Waals surface area contributed by atoms with Crippen LogP contribution < -0.4 is 4.90 Å². The lowest BCUT2D eigenvalue weighted by Gasteiger charge is -2.14. The summed E-state index contributed by atoms with van der Waals surface area (Å²) in [5.41, 5.74) is -0.800. The normalized spacial score (nSPS) is 11.8. The van der Waals surface area contributed by atoms with Crippen molar-refractivity contribution in [1.82, 2.24) is 4.98 Å². The van der Waals surface area contributed by atoms with Gasteiger partial charge in [0, 0.05) is 19.0 Å². The molecular formula is C9H13F3N2S. The molecule has 0 aliphatic heterocycles. The van der Waals surface area contributed by atoms with Crippen molar-refractivity contribution in [3.8, 4) is 0 Å². The van der Waals surface area contributed by atoms with Crippen LogP contribution >= 0.6 is 11.3 Å². The molecular weight excluding hydrogens is 225 g/mol. The van der Waals surface area contributed by atoms with Crippen molar-refractivity contribution >= 4 is 16.5 Å². The number of nitrogens with zero attached hydrogens (tertiary/aromatic N) is 2. The second-order valence-electron chi connectivity index (χ2n) is 3.29. The monoisotopic (exact) mass is 238 g/mol. The highest BCUT2D eigenvalue weighted by molar-refractivity contribution is 7.13. The summed E-state index contributed by atoms with van der Waals surface area (Å²) >= 11 is 1.03. The van der Waals surface area contributed by atoms with Crippen LogP contribution in [0.15, 0.2) is 5.38 Å². The molecule has 1 heterocycles. The maximum Gasteiger partial charge on any atom is 0.434 e. The van der Waals surface area contributed by atoms with Crippen molar-refractivity contribution < 1.29 is 13.2 Å². The molecule has 0 bridgehead atoms. The molecule has 0 saturated heterocycles. The highest BCUT2D eigenvalue weighted by atomic mass is 32.1. The molecule has 1 aromatic heterocycles. The fraction of sp³-hybridized carbons (Fsp3) is 0.667. The van der Waals surface area contributed by atoms with Crippen LogP contribution in [0, 0.1) is 0 Å². The topological polar surface area (TPSA) is 16.1 Å². The molecule has 0 aromatic carbocycles. The molecule has 0 fully saturated rings. The van der Waals surface area contributed by atoms with Crippen molar-refractivity contribution in [2.45, 2.75) is 25.9 Å². The average molecular weight is 238 g/mol. The molecule has 86 valence electrons. The van der Waals surface area contributed by atoms with Crippen LogP contribution in [0.2, 0.25) is 0 Å². The minimum absolute atomic E-state index is 0.427. The molecule has 15 heavy (non-hydrogen) atoms. The zero-order chi connectivity index (χ0) is 11.5. The number of hydrogen-bond acceptors (Lipinski definition) is 3.